The zero-order valence-electron chi connectivity index (χ0n) is 37.9. The molecule has 16 nitrogen and oxygen atoms in total. The number of nitrogens with zero attached hydrogens (tertiary/aromatic N) is 7. The number of nitrogens with one attached hydrogen (secondary N) is 3. The van der Waals surface area contributed by atoms with Crippen LogP contribution in [0.2, 0.25) is 10.0 Å². The summed E-state index contributed by atoms with van der Waals surface area (Å²) in [6, 6.07) is 14.4. The Morgan fingerprint density at radius 1 is 0.642 bits per heavy atom. The van der Waals surface area contributed by atoms with Gasteiger partial charge in [0.15, 0.2) is 5.82 Å². The van der Waals surface area contributed by atoms with E-state index in [1.54, 1.807) is 34.3 Å². The Bertz CT molecular complexity index is 2490. The average Bonchev–Trinajstić information content (AvgIpc) is 4.13. The maximum Gasteiger partial charge on any atom is 0.344 e. The summed E-state index contributed by atoms with van der Waals surface area (Å²) in [6.45, 7) is 6.75. The largest absolute Gasteiger partial charge is 0.344 e. The number of carbonyl (C=O) groups is 6. The van der Waals surface area contributed by atoms with E-state index >= 15 is 0 Å². The lowest BCUT2D eigenvalue weighted by atomic mass is 9.84. The molecular formula is C48H57Cl3N10O6. The number of carbonyl (C=O) groups excluding carboxylic acids is 6. The molecule has 0 radical (unpaired) electrons. The molecule has 4 aliphatic heterocycles. The highest BCUT2D eigenvalue weighted by atomic mass is 35.5. The van der Waals surface area contributed by atoms with Crippen molar-refractivity contribution in [3.63, 3.8) is 0 Å². The first kappa shape index (κ1) is 48.0. The standard InChI is InChI=1S/C24H28ClN5O3.C19H22Cl2N2O2.C5H7N3O/c1-16(31)26-21-7-12-30(27-21)23(33)28-13-9-24(10-14-28)8-2-11-29(24)22(32)18-5-6-20(25)19(15-18)17-3-4-17;20-16-5-4-14(12-15(16)13-2-3-13)17(24)23-9-1-6-19(23)7-10-22(11-8-19)18(21)25;1-4(9)7-5-2-3-6-8-5/h5-7,12,15,17H,2-4,8-11,13-14H2,1H3,(H,26,27,31);4-5,12-13H,1-3,6-11H2;2-3H,1H3,(H2,6,7,8,9). The van der Waals surface area contributed by atoms with Crippen molar-refractivity contribution in [2.75, 3.05) is 49.9 Å². The second kappa shape index (κ2) is 20.4. The summed E-state index contributed by atoms with van der Waals surface area (Å²) in [5.41, 5.74) is 3.32. The molecule has 6 heterocycles. The molecule has 2 aliphatic carbocycles. The summed E-state index contributed by atoms with van der Waals surface area (Å²) in [5, 5.41) is 16.6. The SMILES string of the molecule is CC(=O)Nc1ccn(C(=O)N2CCC3(CCCN3C(=O)c3ccc(Cl)c(C4CC4)c3)CC2)n1.CC(=O)Nc1ccn[nH]1.O=C(Cl)N1CCC2(CCCN2C(=O)c2ccc(Cl)c(C3CC3)c2)CC1. The monoisotopic (exact) mass is 974 g/mol. The average molecular weight is 976 g/mol. The van der Waals surface area contributed by atoms with Gasteiger partial charge in [0.2, 0.25) is 11.8 Å². The maximum absolute atomic E-state index is 13.5. The van der Waals surface area contributed by atoms with Gasteiger partial charge in [0.05, 0.1) is 6.20 Å². The number of hydrogen-bond donors (Lipinski definition) is 3. The molecule has 4 aromatic rings. The predicted octanol–water partition coefficient (Wildman–Crippen LogP) is 9.13. The number of anilines is 2. The first-order chi connectivity index (χ1) is 32.1. The molecule has 6 amide bonds. The minimum atomic E-state index is -0.391. The molecule has 0 bridgehead atoms. The van der Waals surface area contributed by atoms with E-state index in [0.29, 0.717) is 55.2 Å². The van der Waals surface area contributed by atoms with Crippen LogP contribution in [0.4, 0.5) is 21.2 Å². The van der Waals surface area contributed by atoms with Gasteiger partial charge in [0, 0.05) is 104 Å². The van der Waals surface area contributed by atoms with E-state index in [1.165, 1.54) is 18.5 Å². The number of likely N-dealkylation sites (tertiary alicyclic amines) is 4. The normalized spacial score (nSPS) is 19.3. The number of rotatable bonds is 6. The number of piperidine rings is 2. The molecule has 3 N–H and O–H groups in total. The van der Waals surface area contributed by atoms with Crippen molar-refractivity contribution in [2.45, 2.75) is 114 Å². The van der Waals surface area contributed by atoms with Crippen molar-refractivity contribution in [2.24, 2.45) is 0 Å². The van der Waals surface area contributed by atoms with Crippen LogP contribution in [0, 0.1) is 0 Å². The molecule has 6 aliphatic rings. The molecule has 2 spiro atoms. The predicted molar refractivity (Wildman–Crippen MR) is 256 cm³/mol. The Hall–Kier alpha value is -5.45. The molecule has 19 heteroatoms. The number of aromatic amines is 1. The van der Waals surface area contributed by atoms with Gasteiger partial charge in [-0.1, -0.05) is 23.2 Å². The number of amides is 6. The minimum absolute atomic E-state index is 0.0675. The zero-order chi connectivity index (χ0) is 47.5. The van der Waals surface area contributed by atoms with Gasteiger partial charge in [-0.05, 0) is 148 Å². The topological polar surface area (TPSA) is 186 Å². The number of hydrogen-bond acceptors (Lipinski definition) is 8. The van der Waals surface area contributed by atoms with E-state index in [1.807, 2.05) is 46.2 Å². The third kappa shape index (κ3) is 11.1. The molecule has 356 valence electrons. The summed E-state index contributed by atoms with van der Waals surface area (Å²) in [6.07, 6.45) is 14.8. The second-order valence-corrected chi connectivity index (χ2v) is 19.7. The van der Waals surface area contributed by atoms with Crippen LogP contribution in [0.15, 0.2) is 60.9 Å². The van der Waals surface area contributed by atoms with Gasteiger partial charge in [-0.2, -0.15) is 9.78 Å². The van der Waals surface area contributed by atoms with Crippen molar-refractivity contribution in [3.8, 4) is 0 Å². The van der Waals surface area contributed by atoms with Crippen LogP contribution >= 0.6 is 34.8 Å². The van der Waals surface area contributed by atoms with E-state index < -0.39 is 5.37 Å². The van der Waals surface area contributed by atoms with Crippen molar-refractivity contribution < 1.29 is 28.8 Å². The highest BCUT2D eigenvalue weighted by Gasteiger charge is 2.48. The number of H-pyrrole nitrogens is 1. The highest BCUT2D eigenvalue weighted by molar-refractivity contribution is 6.62. The third-order valence-corrected chi connectivity index (χ3v) is 14.9. The summed E-state index contributed by atoms with van der Waals surface area (Å²) in [4.78, 5) is 80.1. The second-order valence-electron chi connectivity index (χ2n) is 18.6. The van der Waals surface area contributed by atoms with Crippen molar-refractivity contribution >= 4 is 81.5 Å². The molecule has 67 heavy (non-hydrogen) atoms. The first-order valence-corrected chi connectivity index (χ1v) is 24.4. The maximum atomic E-state index is 13.5. The van der Waals surface area contributed by atoms with Crippen LogP contribution in [0.3, 0.4) is 0 Å². The van der Waals surface area contributed by atoms with Crippen LogP contribution < -0.4 is 10.6 Å². The fourth-order valence-corrected chi connectivity index (χ4v) is 10.9. The lowest BCUT2D eigenvalue weighted by Crippen LogP contribution is -2.55. The first-order valence-electron chi connectivity index (χ1n) is 23.2. The fourth-order valence-electron chi connectivity index (χ4n) is 10.2. The Balaban J connectivity index is 0.000000157. The van der Waals surface area contributed by atoms with Gasteiger partial charge in [-0.15, -0.1) is 5.10 Å². The van der Waals surface area contributed by atoms with Gasteiger partial charge < -0.3 is 30.2 Å². The lowest BCUT2D eigenvalue weighted by molar-refractivity contribution is -0.115. The van der Waals surface area contributed by atoms with Gasteiger partial charge in [0.25, 0.3) is 11.8 Å². The van der Waals surface area contributed by atoms with Gasteiger partial charge >= 0.3 is 11.4 Å². The Labute approximate surface area is 405 Å². The van der Waals surface area contributed by atoms with Crippen LogP contribution in [0.5, 0.6) is 0 Å². The van der Waals surface area contributed by atoms with E-state index in [0.717, 1.165) is 117 Å². The molecule has 10 rings (SSSR count). The molecule has 0 unspecified atom stereocenters. The Morgan fingerprint density at radius 2 is 1.13 bits per heavy atom. The molecule has 2 aromatic carbocycles. The van der Waals surface area contributed by atoms with Crippen molar-refractivity contribution in [3.05, 3.63) is 93.2 Å². The van der Waals surface area contributed by atoms with Gasteiger partial charge in [0.1, 0.15) is 5.82 Å². The minimum Gasteiger partial charge on any atom is -0.333 e. The van der Waals surface area contributed by atoms with Crippen LogP contribution in [-0.2, 0) is 9.59 Å². The number of benzene rings is 2. The summed E-state index contributed by atoms with van der Waals surface area (Å²) >= 11 is 18.3. The number of aromatic nitrogens is 4. The van der Waals surface area contributed by atoms with E-state index in [9.17, 15) is 28.8 Å². The Kier molecular flexibility index (Phi) is 14.6. The molecular weight excluding hydrogens is 919 g/mol. The Morgan fingerprint density at radius 3 is 1.57 bits per heavy atom. The van der Waals surface area contributed by atoms with E-state index in [2.05, 4.69) is 25.9 Å². The molecule has 0 atom stereocenters. The molecule has 6 fully saturated rings. The quantitative estimate of drug-likeness (QED) is 0.126. The number of halogens is 3. The van der Waals surface area contributed by atoms with Crippen LogP contribution in [0.25, 0.3) is 0 Å². The summed E-state index contributed by atoms with van der Waals surface area (Å²) in [7, 11) is 0. The smallest absolute Gasteiger partial charge is 0.333 e. The molecule has 2 saturated carbocycles. The van der Waals surface area contributed by atoms with Gasteiger partial charge in [-0.25, -0.2) is 4.79 Å². The van der Waals surface area contributed by atoms with Crippen LogP contribution in [-0.4, -0.2) is 125 Å². The molecule has 2 aromatic heterocycles. The fraction of sp³-hybridized carbons (Fsp3) is 0.500. The van der Waals surface area contributed by atoms with Crippen molar-refractivity contribution in [1.29, 1.82) is 0 Å². The highest BCUT2D eigenvalue weighted by Crippen LogP contribution is 2.46. The third-order valence-electron chi connectivity index (χ3n) is 14.0. The van der Waals surface area contributed by atoms with E-state index in [-0.39, 0.29) is 40.7 Å². The molecule has 4 saturated heterocycles. The summed E-state index contributed by atoms with van der Waals surface area (Å²) in [5.74, 6) is 1.82. The zero-order valence-corrected chi connectivity index (χ0v) is 40.1. The van der Waals surface area contributed by atoms with Crippen molar-refractivity contribution in [1.82, 2.24) is 39.6 Å². The van der Waals surface area contributed by atoms with E-state index in [4.69, 9.17) is 34.8 Å². The summed E-state index contributed by atoms with van der Waals surface area (Å²) < 4.78 is 1.26. The lowest BCUT2D eigenvalue weighted by Gasteiger charge is -2.44. The van der Waals surface area contributed by atoms with Gasteiger partial charge in [-0.3, -0.25) is 29.1 Å². The van der Waals surface area contributed by atoms with Crippen LogP contribution in [0.1, 0.15) is 135 Å².